The van der Waals surface area contributed by atoms with Crippen LogP contribution in [-0.2, 0) is 16.0 Å². The predicted octanol–water partition coefficient (Wildman–Crippen LogP) is 1.39. The Morgan fingerprint density at radius 1 is 1.41 bits per heavy atom. The number of aliphatic hydroxyl groups excluding tert-OH is 1. The van der Waals surface area contributed by atoms with E-state index < -0.39 is 11.5 Å². The van der Waals surface area contributed by atoms with Crippen LogP contribution in [0, 0.1) is 11.2 Å². The zero-order valence-corrected chi connectivity index (χ0v) is 16.2. The molecule has 2 aliphatic rings. The van der Waals surface area contributed by atoms with Crippen LogP contribution in [0.3, 0.4) is 0 Å². The second-order valence-electron chi connectivity index (χ2n) is 7.56. The van der Waals surface area contributed by atoms with E-state index >= 15 is 0 Å². The van der Waals surface area contributed by atoms with Crippen molar-refractivity contribution in [2.45, 2.75) is 45.1 Å². The average molecular weight is 380 g/mol. The number of piperidine rings is 2. The van der Waals surface area contributed by atoms with Crippen molar-refractivity contribution >= 4 is 11.7 Å². The molecular weight excluding hydrogens is 351 g/mol. The van der Waals surface area contributed by atoms with Crippen molar-refractivity contribution in [3.8, 4) is 0 Å². The maximum Gasteiger partial charge on any atom is 0.224 e. The molecule has 2 aliphatic heterocycles. The Morgan fingerprint density at radius 3 is 2.96 bits per heavy atom. The maximum absolute atomic E-state index is 14.7. The standard InChI is InChI=1S/C19H29FN4O3/c1-3-14-17(20)18(22-13-21-14)24-9-5-15(25)19(12-24)7-4-8-23(11-19)16(26)6-10-27-2/h13,15,25H,3-12H2,1-2H3/t15-,19+/m1/s1. The van der Waals surface area contributed by atoms with Crippen molar-refractivity contribution in [2.75, 3.05) is 44.8 Å². The first kappa shape index (κ1) is 19.9. The number of halogens is 1. The van der Waals surface area contributed by atoms with Gasteiger partial charge in [0.2, 0.25) is 5.91 Å². The molecule has 0 unspecified atom stereocenters. The SMILES string of the molecule is CCc1ncnc(N2CC[C@@H](O)[C@]3(CCCN(C(=O)CCOC)C3)C2)c1F. The second kappa shape index (κ2) is 8.48. The Balaban J connectivity index is 1.79. The molecule has 3 heterocycles. The van der Waals surface area contributed by atoms with E-state index in [1.54, 1.807) is 7.11 Å². The van der Waals surface area contributed by atoms with E-state index in [-0.39, 0.29) is 11.7 Å². The maximum atomic E-state index is 14.7. The van der Waals surface area contributed by atoms with Gasteiger partial charge in [0, 0.05) is 38.7 Å². The largest absolute Gasteiger partial charge is 0.392 e. The van der Waals surface area contributed by atoms with E-state index in [9.17, 15) is 14.3 Å². The van der Waals surface area contributed by atoms with Crippen molar-refractivity contribution in [3.05, 3.63) is 17.8 Å². The molecule has 27 heavy (non-hydrogen) atoms. The second-order valence-corrected chi connectivity index (χ2v) is 7.56. The van der Waals surface area contributed by atoms with E-state index in [1.807, 2.05) is 16.7 Å². The van der Waals surface area contributed by atoms with Gasteiger partial charge in [-0.15, -0.1) is 0 Å². The summed E-state index contributed by atoms with van der Waals surface area (Å²) in [5.41, 5.74) is -0.0524. The van der Waals surface area contributed by atoms with Crippen LogP contribution < -0.4 is 4.90 Å². The number of aryl methyl sites for hydroxylation is 1. The number of aromatic nitrogens is 2. The summed E-state index contributed by atoms with van der Waals surface area (Å²) < 4.78 is 19.8. The lowest BCUT2D eigenvalue weighted by Crippen LogP contribution is -2.60. The highest BCUT2D eigenvalue weighted by Gasteiger charge is 2.47. The van der Waals surface area contributed by atoms with Gasteiger partial charge < -0.3 is 19.6 Å². The summed E-state index contributed by atoms with van der Waals surface area (Å²) in [6.07, 6.45) is 3.91. The van der Waals surface area contributed by atoms with E-state index in [2.05, 4.69) is 9.97 Å². The fourth-order valence-corrected chi connectivity index (χ4v) is 4.31. The minimum atomic E-state index is -0.512. The van der Waals surface area contributed by atoms with Crippen LogP contribution in [0.2, 0.25) is 0 Å². The Labute approximate surface area is 159 Å². The topological polar surface area (TPSA) is 78.8 Å². The van der Waals surface area contributed by atoms with Gasteiger partial charge in [0.1, 0.15) is 6.33 Å². The Bertz CT molecular complexity index is 674. The normalized spacial score (nSPS) is 25.9. The van der Waals surface area contributed by atoms with Gasteiger partial charge in [-0.1, -0.05) is 6.92 Å². The monoisotopic (exact) mass is 380 g/mol. The lowest BCUT2D eigenvalue weighted by atomic mass is 9.71. The van der Waals surface area contributed by atoms with Gasteiger partial charge in [-0.3, -0.25) is 4.79 Å². The molecule has 1 spiro atoms. The van der Waals surface area contributed by atoms with Crippen LogP contribution in [-0.4, -0.2) is 71.9 Å². The molecule has 0 aliphatic carbocycles. The molecule has 2 saturated heterocycles. The molecule has 0 radical (unpaired) electrons. The zero-order chi connectivity index (χ0) is 19.4. The lowest BCUT2D eigenvalue weighted by molar-refractivity contribution is -0.138. The van der Waals surface area contributed by atoms with Gasteiger partial charge >= 0.3 is 0 Å². The summed E-state index contributed by atoms with van der Waals surface area (Å²) in [6.45, 7) is 4.46. The number of anilines is 1. The van der Waals surface area contributed by atoms with Crippen molar-refractivity contribution in [1.29, 1.82) is 0 Å². The van der Waals surface area contributed by atoms with Crippen molar-refractivity contribution in [1.82, 2.24) is 14.9 Å². The van der Waals surface area contributed by atoms with Gasteiger partial charge in [0.25, 0.3) is 0 Å². The fraction of sp³-hybridized carbons (Fsp3) is 0.737. The van der Waals surface area contributed by atoms with E-state index in [0.29, 0.717) is 63.6 Å². The van der Waals surface area contributed by atoms with Crippen molar-refractivity contribution in [2.24, 2.45) is 5.41 Å². The summed E-state index contributed by atoms with van der Waals surface area (Å²) >= 11 is 0. The summed E-state index contributed by atoms with van der Waals surface area (Å²) in [5.74, 6) is -0.0342. The van der Waals surface area contributed by atoms with Crippen LogP contribution >= 0.6 is 0 Å². The predicted molar refractivity (Wildman–Crippen MR) is 98.9 cm³/mol. The summed E-state index contributed by atoms with van der Waals surface area (Å²) in [4.78, 5) is 24.4. The van der Waals surface area contributed by atoms with Gasteiger partial charge in [0.15, 0.2) is 11.6 Å². The third-order valence-corrected chi connectivity index (χ3v) is 5.84. The van der Waals surface area contributed by atoms with Crippen LogP contribution in [0.5, 0.6) is 0 Å². The number of carbonyl (C=O) groups excluding carboxylic acids is 1. The van der Waals surface area contributed by atoms with Crippen LogP contribution in [0.4, 0.5) is 10.2 Å². The third-order valence-electron chi connectivity index (χ3n) is 5.84. The Morgan fingerprint density at radius 2 is 2.22 bits per heavy atom. The molecule has 8 heteroatoms. The van der Waals surface area contributed by atoms with E-state index in [1.165, 1.54) is 6.33 Å². The molecule has 150 valence electrons. The molecule has 1 N–H and O–H groups in total. The number of hydrogen-bond donors (Lipinski definition) is 1. The van der Waals surface area contributed by atoms with Crippen molar-refractivity contribution in [3.63, 3.8) is 0 Å². The van der Waals surface area contributed by atoms with Gasteiger partial charge in [-0.05, 0) is 25.7 Å². The molecule has 3 rings (SSSR count). The highest BCUT2D eigenvalue weighted by atomic mass is 19.1. The first-order valence-corrected chi connectivity index (χ1v) is 9.70. The fourth-order valence-electron chi connectivity index (χ4n) is 4.31. The Hall–Kier alpha value is -1.80. The smallest absolute Gasteiger partial charge is 0.224 e. The van der Waals surface area contributed by atoms with Gasteiger partial charge in [-0.25, -0.2) is 14.4 Å². The highest BCUT2D eigenvalue weighted by molar-refractivity contribution is 5.76. The van der Waals surface area contributed by atoms with Gasteiger partial charge in [-0.2, -0.15) is 0 Å². The van der Waals surface area contributed by atoms with Gasteiger partial charge in [0.05, 0.1) is 24.8 Å². The molecule has 2 fully saturated rings. The van der Waals surface area contributed by atoms with Crippen LogP contribution in [0.15, 0.2) is 6.33 Å². The first-order chi connectivity index (χ1) is 13.0. The molecule has 1 amide bonds. The first-order valence-electron chi connectivity index (χ1n) is 9.70. The highest BCUT2D eigenvalue weighted by Crippen LogP contribution is 2.40. The van der Waals surface area contributed by atoms with E-state index in [4.69, 9.17) is 4.74 Å². The number of ether oxygens (including phenoxy) is 1. The summed E-state index contributed by atoms with van der Waals surface area (Å²) in [6, 6.07) is 0. The molecule has 1 aromatic heterocycles. The third kappa shape index (κ3) is 4.06. The van der Waals surface area contributed by atoms with E-state index in [0.717, 1.165) is 12.8 Å². The molecule has 2 atom stereocenters. The molecule has 0 aromatic carbocycles. The number of likely N-dealkylation sites (tertiary alicyclic amines) is 1. The minimum absolute atomic E-state index is 0.0433. The number of nitrogens with zero attached hydrogens (tertiary/aromatic N) is 4. The number of rotatable bonds is 5. The quantitative estimate of drug-likeness (QED) is 0.832. The summed E-state index contributed by atoms with van der Waals surface area (Å²) in [7, 11) is 1.58. The molecular formula is C19H29FN4O3. The van der Waals surface area contributed by atoms with Crippen LogP contribution in [0.1, 0.15) is 38.3 Å². The zero-order valence-electron chi connectivity index (χ0n) is 16.2. The summed E-state index contributed by atoms with van der Waals surface area (Å²) in [5, 5.41) is 10.8. The van der Waals surface area contributed by atoms with Crippen molar-refractivity contribution < 1.29 is 19.0 Å². The number of aliphatic hydroxyl groups is 1. The molecule has 1 aromatic rings. The molecule has 0 bridgehead atoms. The minimum Gasteiger partial charge on any atom is -0.392 e. The number of carbonyl (C=O) groups is 1. The van der Waals surface area contributed by atoms with Crippen LogP contribution in [0.25, 0.3) is 0 Å². The number of hydrogen-bond acceptors (Lipinski definition) is 6. The average Bonchev–Trinajstić information content (AvgIpc) is 2.69. The lowest BCUT2D eigenvalue weighted by Gasteiger charge is -2.51. The number of amides is 1. The number of methoxy groups -OCH3 is 1. The Kier molecular flexibility index (Phi) is 6.26. The molecule has 0 saturated carbocycles. The molecule has 7 nitrogen and oxygen atoms in total.